The van der Waals surface area contributed by atoms with Gasteiger partial charge in [0.25, 0.3) is 0 Å². The molecule has 0 radical (unpaired) electrons. The van der Waals surface area contributed by atoms with E-state index in [1.165, 1.54) is 5.57 Å². The molecule has 1 aliphatic rings. The summed E-state index contributed by atoms with van der Waals surface area (Å²) in [6, 6.07) is 10.0. The fourth-order valence-electron chi connectivity index (χ4n) is 1.68. The minimum atomic E-state index is 0.391. The molecule has 0 saturated carbocycles. The Morgan fingerprint density at radius 1 is 1.32 bits per heavy atom. The fraction of sp³-hybridized carbons (Fsp3) is 0.250. The number of allylic oxidation sites excluding steroid dienone is 2. The van der Waals surface area contributed by atoms with Crippen LogP contribution in [0.1, 0.15) is 12.5 Å². The van der Waals surface area contributed by atoms with Gasteiger partial charge in [-0.25, -0.2) is 5.06 Å². The molecule has 1 aliphatic heterocycles. The largest absolute Gasteiger partial charge is 0.382 e. The third-order valence-electron chi connectivity index (χ3n) is 2.72. The first-order valence-corrected chi connectivity index (χ1v) is 6.33. The lowest BCUT2D eigenvalue weighted by molar-refractivity contribution is -0.0833. The molecule has 0 spiro atoms. The van der Waals surface area contributed by atoms with E-state index < -0.39 is 0 Å². The van der Waals surface area contributed by atoms with E-state index in [4.69, 9.17) is 9.57 Å². The highest BCUT2D eigenvalue weighted by Crippen LogP contribution is 2.10. The summed E-state index contributed by atoms with van der Waals surface area (Å²) in [6.07, 6.45) is 6.00. The number of rotatable bonds is 6. The van der Waals surface area contributed by atoms with Crippen molar-refractivity contribution in [2.75, 3.05) is 13.2 Å². The van der Waals surface area contributed by atoms with Crippen LogP contribution in [0, 0.1) is 0 Å². The zero-order valence-electron chi connectivity index (χ0n) is 11.2. The van der Waals surface area contributed by atoms with Crippen LogP contribution in [0.3, 0.4) is 0 Å². The third-order valence-corrected chi connectivity index (χ3v) is 2.72. The van der Waals surface area contributed by atoms with Crippen LogP contribution in [0.15, 0.2) is 66.6 Å². The lowest BCUT2D eigenvalue weighted by Crippen LogP contribution is -2.21. The minimum absolute atomic E-state index is 0.391. The Morgan fingerprint density at radius 3 is 2.79 bits per heavy atom. The molecular formula is C16H19NO2. The van der Waals surface area contributed by atoms with Crippen LogP contribution in [0.25, 0.3) is 0 Å². The van der Waals surface area contributed by atoms with Crippen molar-refractivity contribution in [1.29, 1.82) is 0 Å². The van der Waals surface area contributed by atoms with E-state index in [1.54, 1.807) is 5.06 Å². The van der Waals surface area contributed by atoms with Gasteiger partial charge in [0.1, 0.15) is 6.61 Å². The summed E-state index contributed by atoms with van der Waals surface area (Å²) in [5.41, 5.74) is 2.39. The average Bonchev–Trinajstić information content (AvgIpc) is 2.43. The molecule has 0 fully saturated rings. The van der Waals surface area contributed by atoms with Crippen LogP contribution in [0.4, 0.5) is 0 Å². The molecule has 0 saturated heterocycles. The van der Waals surface area contributed by atoms with Crippen molar-refractivity contribution in [1.82, 2.24) is 5.06 Å². The second kappa shape index (κ2) is 6.81. The van der Waals surface area contributed by atoms with Gasteiger partial charge in [0.05, 0.1) is 13.2 Å². The Hall–Kier alpha value is -2.00. The molecule has 0 amide bonds. The second-order valence-corrected chi connectivity index (χ2v) is 4.47. The van der Waals surface area contributed by atoms with Crippen LogP contribution in [0.5, 0.6) is 0 Å². The molecule has 0 bridgehead atoms. The fourth-order valence-corrected chi connectivity index (χ4v) is 1.68. The van der Waals surface area contributed by atoms with Crippen molar-refractivity contribution in [2.45, 2.75) is 13.5 Å². The molecule has 100 valence electrons. The molecule has 1 aromatic rings. The van der Waals surface area contributed by atoms with E-state index in [0.717, 1.165) is 12.1 Å². The van der Waals surface area contributed by atoms with Gasteiger partial charge in [-0.1, -0.05) is 48.6 Å². The summed E-state index contributed by atoms with van der Waals surface area (Å²) in [5.74, 6) is 0.605. The number of nitrogens with zero attached hydrogens (tertiary/aromatic N) is 1. The quantitative estimate of drug-likeness (QED) is 0.729. The van der Waals surface area contributed by atoms with E-state index in [0.29, 0.717) is 19.0 Å². The Kier molecular flexibility index (Phi) is 4.81. The predicted molar refractivity (Wildman–Crippen MR) is 75.9 cm³/mol. The summed E-state index contributed by atoms with van der Waals surface area (Å²) in [6.45, 7) is 7.61. The molecule has 0 N–H and O–H groups in total. The van der Waals surface area contributed by atoms with E-state index >= 15 is 0 Å². The summed E-state index contributed by atoms with van der Waals surface area (Å²) < 4.78 is 5.55. The molecule has 0 aromatic heterocycles. The lowest BCUT2D eigenvalue weighted by Gasteiger charge is -2.22. The van der Waals surface area contributed by atoms with Gasteiger partial charge in [-0.3, -0.25) is 0 Å². The van der Waals surface area contributed by atoms with Gasteiger partial charge in [0.2, 0.25) is 0 Å². The van der Waals surface area contributed by atoms with Gasteiger partial charge < -0.3 is 9.57 Å². The molecule has 1 aromatic carbocycles. The first-order chi connectivity index (χ1) is 9.24. The molecule has 0 unspecified atom stereocenters. The predicted octanol–water partition coefficient (Wildman–Crippen LogP) is 3.42. The molecule has 3 nitrogen and oxygen atoms in total. The molecular weight excluding hydrogens is 238 g/mol. The maximum absolute atomic E-state index is 5.56. The van der Waals surface area contributed by atoms with E-state index in [2.05, 4.69) is 19.6 Å². The zero-order chi connectivity index (χ0) is 13.5. The number of hydroxylamine groups is 2. The highest BCUT2D eigenvalue weighted by Gasteiger charge is 2.05. The number of hydrogen-bond donors (Lipinski definition) is 0. The molecule has 0 atom stereocenters. The maximum atomic E-state index is 5.56. The smallest absolute Gasteiger partial charge is 0.150 e. The van der Waals surface area contributed by atoms with Crippen LogP contribution < -0.4 is 0 Å². The normalized spacial score (nSPS) is 14.2. The molecule has 0 aliphatic carbocycles. The van der Waals surface area contributed by atoms with E-state index in [9.17, 15) is 0 Å². The van der Waals surface area contributed by atoms with Crippen LogP contribution >= 0.6 is 0 Å². The lowest BCUT2D eigenvalue weighted by atomic mass is 10.2. The van der Waals surface area contributed by atoms with Gasteiger partial charge in [0, 0.05) is 6.20 Å². The Morgan fingerprint density at radius 2 is 2.11 bits per heavy atom. The maximum Gasteiger partial charge on any atom is 0.150 e. The Labute approximate surface area is 114 Å². The van der Waals surface area contributed by atoms with Gasteiger partial charge in [-0.05, 0) is 18.6 Å². The molecule has 3 heteroatoms. The SMILES string of the molecule is C=C(COCc1ccccc1)ON1C=CC(C)=CC1. The van der Waals surface area contributed by atoms with Gasteiger partial charge in [-0.2, -0.15) is 0 Å². The standard InChI is InChI=1S/C16H19NO2/c1-14-8-10-17(11-9-14)19-15(2)12-18-13-16-6-4-3-5-7-16/h3-10H,2,11-13H2,1H3. The van der Waals surface area contributed by atoms with Gasteiger partial charge >= 0.3 is 0 Å². The molecule has 2 rings (SSSR count). The summed E-state index contributed by atoms with van der Waals surface area (Å²) >= 11 is 0. The molecule has 19 heavy (non-hydrogen) atoms. The van der Waals surface area contributed by atoms with Crippen molar-refractivity contribution in [3.63, 3.8) is 0 Å². The average molecular weight is 257 g/mol. The van der Waals surface area contributed by atoms with E-state index in [1.807, 2.05) is 42.6 Å². The summed E-state index contributed by atoms with van der Waals surface area (Å²) in [7, 11) is 0. The monoisotopic (exact) mass is 257 g/mol. The number of hydrogen-bond acceptors (Lipinski definition) is 3. The summed E-state index contributed by atoms with van der Waals surface area (Å²) in [4.78, 5) is 5.56. The first-order valence-electron chi connectivity index (χ1n) is 6.33. The number of benzene rings is 1. The topological polar surface area (TPSA) is 21.7 Å². The molecule has 1 heterocycles. The van der Waals surface area contributed by atoms with Gasteiger partial charge in [-0.15, -0.1) is 0 Å². The van der Waals surface area contributed by atoms with Gasteiger partial charge in [0.15, 0.2) is 5.76 Å². The Balaban J connectivity index is 1.67. The minimum Gasteiger partial charge on any atom is -0.382 e. The van der Waals surface area contributed by atoms with E-state index in [-0.39, 0.29) is 0 Å². The zero-order valence-corrected chi connectivity index (χ0v) is 11.2. The highest BCUT2D eigenvalue weighted by atomic mass is 16.7. The Bertz CT molecular complexity index is 477. The number of ether oxygens (including phenoxy) is 1. The third kappa shape index (κ3) is 4.64. The van der Waals surface area contributed by atoms with Crippen molar-refractivity contribution in [3.05, 3.63) is 72.2 Å². The first kappa shape index (κ1) is 13.4. The van der Waals surface area contributed by atoms with Crippen molar-refractivity contribution in [3.8, 4) is 0 Å². The van der Waals surface area contributed by atoms with Crippen LogP contribution in [0.2, 0.25) is 0 Å². The van der Waals surface area contributed by atoms with Crippen molar-refractivity contribution < 1.29 is 9.57 Å². The second-order valence-electron chi connectivity index (χ2n) is 4.47. The van der Waals surface area contributed by atoms with Crippen molar-refractivity contribution >= 4 is 0 Å². The summed E-state index contributed by atoms with van der Waals surface area (Å²) in [5, 5.41) is 1.74. The van der Waals surface area contributed by atoms with Crippen LogP contribution in [-0.2, 0) is 16.2 Å². The van der Waals surface area contributed by atoms with Crippen LogP contribution in [-0.4, -0.2) is 18.2 Å². The van der Waals surface area contributed by atoms with Crippen molar-refractivity contribution in [2.24, 2.45) is 0 Å². The highest BCUT2D eigenvalue weighted by molar-refractivity contribution is 5.19.